The second-order valence-corrected chi connectivity index (χ2v) is 5.50. The SMILES string of the molecule is CCc1ccc(C(=O)c2ccc(Br)c(F)c2)cc1CC. The fraction of sp³-hybridized carbons (Fsp3) is 0.235. The van der Waals surface area contributed by atoms with Gasteiger partial charge in [-0.3, -0.25) is 4.79 Å². The molecule has 0 fully saturated rings. The van der Waals surface area contributed by atoms with E-state index in [9.17, 15) is 9.18 Å². The van der Waals surface area contributed by atoms with Gasteiger partial charge in [-0.25, -0.2) is 4.39 Å². The van der Waals surface area contributed by atoms with Crippen LogP contribution in [0.5, 0.6) is 0 Å². The lowest BCUT2D eigenvalue weighted by atomic mass is 9.96. The molecule has 2 aromatic carbocycles. The predicted octanol–water partition coefficient (Wildman–Crippen LogP) is 4.94. The van der Waals surface area contributed by atoms with Gasteiger partial charge >= 0.3 is 0 Å². The minimum atomic E-state index is -0.420. The summed E-state index contributed by atoms with van der Waals surface area (Å²) in [6.45, 7) is 4.17. The van der Waals surface area contributed by atoms with E-state index in [2.05, 4.69) is 29.8 Å². The molecule has 0 unspecified atom stereocenters. The number of hydrogen-bond donors (Lipinski definition) is 0. The van der Waals surface area contributed by atoms with Gasteiger partial charge in [-0.15, -0.1) is 0 Å². The number of ketones is 1. The van der Waals surface area contributed by atoms with Gasteiger partial charge in [0, 0.05) is 11.1 Å². The Morgan fingerprint density at radius 3 is 2.20 bits per heavy atom. The van der Waals surface area contributed by atoms with Crippen molar-refractivity contribution in [1.82, 2.24) is 0 Å². The van der Waals surface area contributed by atoms with Crippen molar-refractivity contribution in [3.05, 3.63) is 68.9 Å². The second kappa shape index (κ2) is 6.31. The van der Waals surface area contributed by atoms with E-state index in [0.29, 0.717) is 15.6 Å². The summed E-state index contributed by atoms with van der Waals surface area (Å²) in [5, 5.41) is 0. The standard InChI is InChI=1S/C17H16BrFO/c1-3-11-5-6-13(9-12(11)4-2)17(20)14-7-8-15(18)16(19)10-14/h5-10H,3-4H2,1-2H3. The molecule has 1 nitrogen and oxygen atoms in total. The molecule has 2 aromatic rings. The molecule has 0 N–H and O–H groups in total. The second-order valence-electron chi connectivity index (χ2n) is 4.65. The zero-order valence-electron chi connectivity index (χ0n) is 11.5. The Morgan fingerprint density at radius 1 is 1.00 bits per heavy atom. The number of carbonyl (C=O) groups excluding carboxylic acids is 1. The molecule has 0 heterocycles. The third-order valence-corrected chi connectivity index (χ3v) is 4.06. The van der Waals surface area contributed by atoms with Crippen LogP contribution in [0.3, 0.4) is 0 Å². The Bertz CT molecular complexity index is 649. The fourth-order valence-electron chi connectivity index (χ4n) is 2.25. The van der Waals surface area contributed by atoms with Crippen LogP contribution in [-0.4, -0.2) is 5.78 Å². The van der Waals surface area contributed by atoms with Gasteiger partial charge in [-0.05, 0) is 64.2 Å². The molecule has 0 radical (unpaired) electrons. The van der Waals surface area contributed by atoms with E-state index in [4.69, 9.17) is 0 Å². The molecule has 0 amide bonds. The molecular weight excluding hydrogens is 319 g/mol. The average Bonchev–Trinajstić information content (AvgIpc) is 2.48. The van der Waals surface area contributed by atoms with Crippen LogP contribution in [0.2, 0.25) is 0 Å². The van der Waals surface area contributed by atoms with Crippen LogP contribution in [0, 0.1) is 5.82 Å². The summed E-state index contributed by atoms with van der Waals surface area (Å²) in [4.78, 5) is 12.4. The lowest BCUT2D eigenvalue weighted by molar-refractivity contribution is 0.103. The summed E-state index contributed by atoms with van der Waals surface area (Å²) in [6, 6.07) is 10.2. The highest BCUT2D eigenvalue weighted by molar-refractivity contribution is 9.10. The summed E-state index contributed by atoms with van der Waals surface area (Å²) in [5.74, 6) is -0.564. The van der Waals surface area contributed by atoms with E-state index in [1.807, 2.05) is 18.2 Å². The zero-order chi connectivity index (χ0) is 14.7. The average molecular weight is 335 g/mol. The van der Waals surface area contributed by atoms with Crippen LogP contribution >= 0.6 is 15.9 Å². The highest BCUT2D eigenvalue weighted by Crippen LogP contribution is 2.20. The third kappa shape index (κ3) is 2.98. The van der Waals surface area contributed by atoms with Crippen molar-refractivity contribution in [2.45, 2.75) is 26.7 Å². The Kier molecular flexibility index (Phi) is 4.71. The molecule has 0 saturated carbocycles. The molecule has 0 spiro atoms. The lowest BCUT2D eigenvalue weighted by Crippen LogP contribution is -2.04. The van der Waals surface area contributed by atoms with Crippen molar-refractivity contribution in [3.63, 3.8) is 0 Å². The molecule has 2 rings (SSSR count). The summed E-state index contributed by atoms with van der Waals surface area (Å²) in [6.07, 6.45) is 1.84. The molecule has 3 heteroatoms. The Labute approximate surface area is 127 Å². The van der Waals surface area contributed by atoms with Gasteiger partial charge in [0.2, 0.25) is 0 Å². The van der Waals surface area contributed by atoms with E-state index < -0.39 is 5.82 Å². The maximum absolute atomic E-state index is 13.5. The van der Waals surface area contributed by atoms with Gasteiger partial charge in [0.25, 0.3) is 0 Å². The van der Waals surface area contributed by atoms with Gasteiger partial charge in [-0.2, -0.15) is 0 Å². The van der Waals surface area contributed by atoms with Crippen LogP contribution in [0.1, 0.15) is 40.9 Å². The topological polar surface area (TPSA) is 17.1 Å². The predicted molar refractivity (Wildman–Crippen MR) is 82.7 cm³/mol. The van der Waals surface area contributed by atoms with Crippen molar-refractivity contribution in [2.75, 3.05) is 0 Å². The highest BCUT2D eigenvalue weighted by atomic mass is 79.9. The van der Waals surface area contributed by atoms with Gasteiger partial charge < -0.3 is 0 Å². The van der Waals surface area contributed by atoms with Crippen LogP contribution in [0.15, 0.2) is 40.9 Å². The number of aryl methyl sites for hydroxylation is 2. The van der Waals surface area contributed by atoms with Crippen molar-refractivity contribution >= 4 is 21.7 Å². The molecule has 0 aliphatic carbocycles. The van der Waals surface area contributed by atoms with Crippen LogP contribution in [0.4, 0.5) is 4.39 Å². The minimum Gasteiger partial charge on any atom is -0.289 e. The Morgan fingerprint density at radius 2 is 1.60 bits per heavy atom. The van der Waals surface area contributed by atoms with E-state index in [0.717, 1.165) is 12.8 Å². The van der Waals surface area contributed by atoms with Gasteiger partial charge in [-0.1, -0.05) is 26.0 Å². The van der Waals surface area contributed by atoms with Crippen molar-refractivity contribution in [2.24, 2.45) is 0 Å². The minimum absolute atomic E-state index is 0.145. The number of rotatable bonds is 4. The highest BCUT2D eigenvalue weighted by Gasteiger charge is 2.12. The van der Waals surface area contributed by atoms with E-state index in [1.54, 1.807) is 12.1 Å². The monoisotopic (exact) mass is 334 g/mol. The van der Waals surface area contributed by atoms with Gasteiger partial charge in [0.05, 0.1) is 4.47 Å². The summed E-state index contributed by atoms with van der Waals surface area (Å²) < 4.78 is 13.9. The van der Waals surface area contributed by atoms with Crippen LogP contribution < -0.4 is 0 Å². The molecule has 0 bridgehead atoms. The van der Waals surface area contributed by atoms with E-state index in [1.165, 1.54) is 17.2 Å². The first-order valence-corrected chi connectivity index (χ1v) is 7.47. The van der Waals surface area contributed by atoms with Crippen molar-refractivity contribution in [1.29, 1.82) is 0 Å². The number of hydrogen-bond acceptors (Lipinski definition) is 1. The molecule has 0 aliphatic rings. The molecular formula is C17H16BrFO. The quantitative estimate of drug-likeness (QED) is 0.723. The van der Waals surface area contributed by atoms with Gasteiger partial charge in [0.15, 0.2) is 5.78 Å². The smallest absolute Gasteiger partial charge is 0.193 e. The first kappa shape index (κ1) is 14.9. The normalized spacial score (nSPS) is 10.6. The largest absolute Gasteiger partial charge is 0.289 e. The first-order valence-electron chi connectivity index (χ1n) is 6.68. The third-order valence-electron chi connectivity index (χ3n) is 3.41. The fourth-order valence-corrected chi connectivity index (χ4v) is 2.49. The number of carbonyl (C=O) groups is 1. The van der Waals surface area contributed by atoms with Gasteiger partial charge in [0.1, 0.15) is 5.82 Å². The van der Waals surface area contributed by atoms with Crippen molar-refractivity contribution < 1.29 is 9.18 Å². The molecule has 0 aromatic heterocycles. The molecule has 0 atom stereocenters. The van der Waals surface area contributed by atoms with Crippen molar-refractivity contribution in [3.8, 4) is 0 Å². The van der Waals surface area contributed by atoms with Crippen LogP contribution in [-0.2, 0) is 12.8 Å². The lowest BCUT2D eigenvalue weighted by Gasteiger charge is -2.09. The molecule has 0 aliphatic heterocycles. The van der Waals surface area contributed by atoms with E-state index in [-0.39, 0.29) is 5.78 Å². The maximum atomic E-state index is 13.5. The van der Waals surface area contributed by atoms with Crippen LogP contribution in [0.25, 0.3) is 0 Å². The maximum Gasteiger partial charge on any atom is 0.193 e. The molecule has 104 valence electrons. The van der Waals surface area contributed by atoms with E-state index >= 15 is 0 Å². The Hall–Kier alpha value is -1.48. The molecule has 0 saturated heterocycles. The summed E-state index contributed by atoms with van der Waals surface area (Å²) in [5.41, 5.74) is 3.42. The Balaban J connectivity index is 2.40. The summed E-state index contributed by atoms with van der Waals surface area (Å²) >= 11 is 3.09. The summed E-state index contributed by atoms with van der Waals surface area (Å²) in [7, 11) is 0. The number of benzene rings is 2. The zero-order valence-corrected chi connectivity index (χ0v) is 13.1. The molecule has 20 heavy (non-hydrogen) atoms. The number of halogens is 2. The first-order chi connectivity index (χ1) is 9.56.